The third-order valence-electron chi connectivity index (χ3n) is 4.47. The number of primary amides is 1. The average Bonchev–Trinajstić information content (AvgIpc) is 3.33. The minimum Gasteiger partial charge on any atom is -0.474 e. The minimum absolute atomic E-state index is 0.125. The van der Waals surface area contributed by atoms with Crippen molar-refractivity contribution in [1.29, 1.82) is 0 Å². The Bertz CT molecular complexity index is 760. The van der Waals surface area contributed by atoms with Crippen LogP contribution < -0.4 is 21.1 Å². The normalized spacial score (nSPS) is 15.3. The van der Waals surface area contributed by atoms with Crippen LogP contribution in [-0.2, 0) is 11.3 Å². The third kappa shape index (κ3) is 5.96. The molecule has 0 bridgehead atoms. The van der Waals surface area contributed by atoms with Crippen molar-refractivity contribution >= 4 is 23.3 Å². The fourth-order valence-electron chi connectivity index (χ4n) is 3.14. The number of ether oxygens (including phenoxy) is 1. The van der Waals surface area contributed by atoms with Gasteiger partial charge in [-0.3, -0.25) is 4.79 Å². The van der Waals surface area contributed by atoms with Crippen LogP contribution in [0.1, 0.15) is 48.6 Å². The van der Waals surface area contributed by atoms with Gasteiger partial charge in [0, 0.05) is 23.7 Å². The largest absolute Gasteiger partial charge is 0.474 e. The molecule has 0 aromatic carbocycles. The number of nitrogens with zero attached hydrogens (tertiary/aromatic N) is 1. The molecule has 0 radical (unpaired) electrons. The fourth-order valence-corrected chi connectivity index (χ4v) is 3.92. The fraction of sp³-hybridized carbons (Fsp3) is 0.421. The van der Waals surface area contributed by atoms with Crippen molar-refractivity contribution in [1.82, 2.24) is 15.6 Å². The number of thiophene rings is 1. The highest BCUT2D eigenvalue weighted by atomic mass is 32.1. The molecular weight excluding hydrogens is 364 g/mol. The monoisotopic (exact) mass is 388 g/mol. The van der Waals surface area contributed by atoms with E-state index in [1.165, 1.54) is 24.2 Å². The highest BCUT2D eigenvalue weighted by molar-refractivity contribution is 7.10. The SMILES string of the molecule is NC(=O)NC(CC(=O)NCc1ccnc(OC2CCCC2)c1)c1cccs1. The number of urea groups is 1. The lowest BCUT2D eigenvalue weighted by Gasteiger charge is -2.16. The number of carbonyl (C=O) groups is 2. The van der Waals surface area contributed by atoms with E-state index in [1.807, 2.05) is 29.6 Å². The first-order valence-corrected chi connectivity index (χ1v) is 9.96. The van der Waals surface area contributed by atoms with Crippen LogP contribution in [0.25, 0.3) is 0 Å². The quantitative estimate of drug-likeness (QED) is 0.646. The Labute approximate surface area is 162 Å². The maximum Gasteiger partial charge on any atom is 0.312 e. The van der Waals surface area contributed by atoms with Crippen molar-refractivity contribution in [2.24, 2.45) is 5.73 Å². The molecule has 1 saturated carbocycles. The average molecular weight is 388 g/mol. The second-order valence-corrected chi connectivity index (χ2v) is 7.56. The van der Waals surface area contributed by atoms with Crippen molar-refractivity contribution in [3.8, 4) is 5.88 Å². The van der Waals surface area contributed by atoms with Gasteiger partial charge in [0.15, 0.2) is 0 Å². The maximum absolute atomic E-state index is 12.3. The van der Waals surface area contributed by atoms with Gasteiger partial charge in [-0.25, -0.2) is 9.78 Å². The van der Waals surface area contributed by atoms with Crippen molar-refractivity contribution in [2.75, 3.05) is 0 Å². The lowest BCUT2D eigenvalue weighted by Crippen LogP contribution is -2.36. The predicted octanol–water partition coefficient (Wildman–Crippen LogP) is 2.88. The van der Waals surface area contributed by atoms with Crippen LogP contribution in [0.4, 0.5) is 4.79 Å². The summed E-state index contributed by atoms with van der Waals surface area (Å²) in [6.07, 6.45) is 6.60. The Morgan fingerprint density at radius 1 is 1.33 bits per heavy atom. The molecule has 2 heterocycles. The molecule has 1 unspecified atom stereocenters. The van der Waals surface area contributed by atoms with Crippen LogP contribution in [-0.4, -0.2) is 23.0 Å². The van der Waals surface area contributed by atoms with E-state index in [9.17, 15) is 9.59 Å². The van der Waals surface area contributed by atoms with Gasteiger partial charge in [-0.05, 0) is 48.8 Å². The number of rotatable bonds is 8. The van der Waals surface area contributed by atoms with E-state index in [-0.39, 0.29) is 18.4 Å². The van der Waals surface area contributed by atoms with Crippen LogP contribution in [0.3, 0.4) is 0 Å². The summed E-state index contributed by atoms with van der Waals surface area (Å²) < 4.78 is 5.90. The molecule has 0 saturated heterocycles. The smallest absolute Gasteiger partial charge is 0.312 e. The highest BCUT2D eigenvalue weighted by Gasteiger charge is 2.19. The molecule has 4 N–H and O–H groups in total. The standard InChI is InChI=1S/C19H24N4O3S/c20-19(25)23-15(16-6-3-9-27-16)11-17(24)22-12-13-7-8-21-18(10-13)26-14-4-1-2-5-14/h3,6-10,14-15H,1-2,4-5,11-12H2,(H,22,24)(H3,20,23,25). The van der Waals surface area contributed by atoms with Crippen LogP contribution in [0, 0.1) is 0 Å². The maximum atomic E-state index is 12.3. The summed E-state index contributed by atoms with van der Waals surface area (Å²) >= 11 is 1.47. The van der Waals surface area contributed by atoms with E-state index in [4.69, 9.17) is 10.5 Å². The Morgan fingerprint density at radius 3 is 2.85 bits per heavy atom. The zero-order chi connectivity index (χ0) is 19.1. The molecule has 1 fully saturated rings. The first-order valence-electron chi connectivity index (χ1n) is 9.08. The van der Waals surface area contributed by atoms with Gasteiger partial charge in [0.1, 0.15) is 6.10 Å². The summed E-state index contributed by atoms with van der Waals surface area (Å²) in [7, 11) is 0. The highest BCUT2D eigenvalue weighted by Crippen LogP contribution is 2.24. The summed E-state index contributed by atoms with van der Waals surface area (Å²) in [4.78, 5) is 28.7. The predicted molar refractivity (Wildman–Crippen MR) is 103 cm³/mol. The van der Waals surface area contributed by atoms with Gasteiger partial charge in [0.25, 0.3) is 0 Å². The van der Waals surface area contributed by atoms with E-state index in [0.29, 0.717) is 12.4 Å². The molecule has 27 heavy (non-hydrogen) atoms. The second kappa shape index (κ2) is 9.36. The molecule has 8 heteroatoms. The lowest BCUT2D eigenvalue weighted by atomic mass is 10.1. The molecule has 2 aromatic rings. The molecule has 1 atom stereocenters. The zero-order valence-electron chi connectivity index (χ0n) is 15.0. The molecule has 3 rings (SSSR count). The number of aromatic nitrogens is 1. The van der Waals surface area contributed by atoms with Gasteiger partial charge in [0.2, 0.25) is 11.8 Å². The lowest BCUT2D eigenvalue weighted by molar-refractivity contribution is -0.121. The van der Waals surface area contributed by atoms with Crippen LogP contribution in [0.15, 0.2) is 35.8 Å². The number of pyridine rings is 1. The first-order chi connectivity index (χ1) is 13.1. The minimum atomic E-state index is -0.649. The molecule has 0 spiro atoms. The number of hydrogen-bond donors (Lipinski definition) is 3. The number of nitrogens with two attached hydrogens (primary N) is 1. The zero-order valence-corrected chi connectivity index (χ0v) is 15.8. The molecule has 7 nitrogen and oxygen atoms in total. The number of amides is 3. The molecule has 0 aliphatic heterocycles. The van der Waals surface area contributed by atoms with Crippen molar-refractivity contribution in [2.45, 2.75) is 50.8 Å². The van der Waals surface area contributed by atoms with Crippen LogP contribution >= 0.6 is 11.3 Å². The van der Waals surface area contributed by atoms with E-state index >= 15 is 0 Å². The number of carbonyl (C=O) groups excluding carboxylic acids is 2. The Hall–Kier alpha value is -2.61. The summed E-state index contributed by atoms with van der Waals surface area (Å²) in [6, 6.07) is 6.37. The van der Waals surface area contributed by atoms with E-state index < -0.39 is 12.1 Å². The third-order valence-corrected chi connectivity index (χ3v) is 5.46. The van der Waals surface area contributed by atoms with E-state index in [2.05, 4.69) is 15.6 Å². The summed E-state index contributed by atoms with van der Waals surface area (Å²) in [6.45, 7) is 0.371. The van der Waals surface area contributed by atoms with Crippen molar-refractivity contribution < 1.29 is 14.3 Å². The second-order valence-electron chi connectivity index (χ2n) is 6.58. The number of nitrogens with one attached hydrogen (secondary N) is 2. The van der Waals surface area contributed by atoms with Gasteiger partial charge in [-0.1, -0.05) is 6.07 Å². The molecule has 2 aromatic heterocycles. The van der Waals surface area contributed by atoms with Crippen LogP contribution in [0.2, 0.25) is 0 Å². The van der Waals surface area contributed by atoms with E-state index in [1.54, 1.807) is 6.20 Å². The Morgan fingerprint density at radius 2 is 2.15 bits per heavy atom. The van der Waals surface area contributed by atoms with Gasteiger partial charge in [0.05, 0.1) is 12.5 Å². The molecule has 1 aliphatic carbocycles. The summed E-state index contributed by atoms with van der Waals surface area (Å²) in [5.74, 6) is 0.428. The topological polar surface area (TPSA) is 106 Å². The van der Waals surface area contributed by atoms with E-state index in [0.717, 1.165) is 23.3 Å². The Kier molecular flexibility index (Phi) is 6.64. The van der Waals surface area contributed by atoms with Crippen LogP contribution in [0.5, 0.6) is 5.88 Å². The molecule has 3 amide bonds. The van der Waals surface area contributed by atoms with Gasteiger partial charge >= 0.3 is 6.03 Å². The van der Waals surface area contributed by atoms with Gasteiger partial charge in [-0.15, -0.1) is 11.3 Å². The summed E-state index contributed by atoms with van der Waals surface area (Å²) in [5, 5.41) is 7.39. The Balaban J connectivity index is 1.52. The molecule has 1 aliphatic rings. The van der Waals surface area contributed by atoms with Crippen molar-refractivity contribution in [3.05, 3.63) is 46.3 Å². The van der Waals surface area contributed by atoms with Gasteiger partial charge in [-0.2, -0.15) is 0 Å². The molecule has 144 valence electrons. The molecular formula is C19H24N4O3S. The first kappa shape index (κ1) is 19.2. The summed E-state index contributed by atoms with van der Waals surface area (Å²) in [5.41, 5.74) is 6.14. The number of hydrogen-bond acceptors (Lipinski definition) is 5. The van der Waals surface area contributed by atoms with Crippen molar-refractivity contribution in [3.63, 3.8) is 0 Å². The van der Waals surface area contributed by atoms with Gasteiger partial charge < -0.3 is 21.1 Å².